The number of imidazole rings is 1. The van der Waals surface area contributed by atoms with Gasteiger partial charge in [-0.25, -0.2) is 4.98 Å². The molecule has 30 heavy (non-hydrogen) atoms. The van der Waals surface area contributed by atoms with E-state index in [4.69, 9.17) is 4.74 Å². The Bertz CT molecular complexity index is 988. The molecule has 0 radical (unpaired) electrons. The minimum absolute atomic E-state index is 0.0638. The minimum atomic E-state index is -0.180. The zero-order chi connectivity index (χ0) is 20.8. The van der Waals surface area contributed by atoms with Crippen LogP contribution in [0.1, 0.15) is 67.0 Å². The molecule has 2 aromatic rings. The van der Waals surface area contributed by atoms with Gasteiger partial charge in [-0.15, -0.1) is 0 Å². The fraction of sp³-hybridized carbons (Fsp3) is 0.609. The number of fused-ring (bicyclic) bond motifs is 1. The fourth-order valence-corrected chi connectivity index (χ4v) is 5.06. The number of rotatable bonds is 4. The lowest BCUT2D eigenvalue weighted by molar-refractivity contribution is -0.138. The smallest absolute Gasteiger partial charge is 0.290 e. The van der Waals surface area contributed by atoms with Gasteiger partial charge in [0.1, 0.15) is 17.8 Å². The molecule has 160 valence electrons. The van der Waals surface area contributed by atoms with E-state index in [0.717, 1.165) is 18.4 Å². The molecule has 2 amide bonds. The predicted octanol–water partition coefficient (Wildman–Crippen LogP) is 3.08. The second kappa shape index (κ2) is 7.60. The van der Waals surface area contributed by atoms with E-state index in [2.05, 4.69) is 11.1 Å². The molecule has 3 aliphatic rings. The number of aromatic nitrogens is 2. The summed E-state index contributed by atoms with van der Waals surface area (Å²) >= 11 is 0. The molecule has 0 atom stereocenters. The molecule has 1 aliphatic heterocycles. The van der Waals surface area contributed by atoms with Crippen molar-refractivity contribution in [2.75, 3.05) is 26.7 Å². The number of piperazine rings is 1. The van der Waals surface area contributed by atoms with Gasteiger partial charge >= 0.3 is 0 Å². The van der Waals surface area contributed by atoms with Gasteiger partial charge in [0.15, 0.2) is 5.82 Å². The first-order valence-electron chi connectivity index (χ1n) is 11.2. The molecule has 5 rings (SSSR count). The largest absolute Gasteiger partial charge is 0.494 e. The maximum atomic E-state index is 13.3. The second-order valence-electron chi connectivity index (χ2n) is 8.97. The van der Waals surface area contributed by atoms with E-state index in [1.165, 1.54) is 37.7 Å². The van der Waals surface area contributed by atoms with Crippen LogP contribution < -0.4 is 4.74 Å². The number of methoxy groups -OCH3 is 1. The van der Waals surface area contributed by atoms with Gasteiger partial charge in [0, 0.05) is 26.2 Å². The normalized spacial score (nSPS) is 20.8. The molecule has 1 saturated heterocycles. The van der Waals surface area contributed by atoms with Crippen LogP contribution in [-0.4, -0.2) is 64.0 Å². The standard InChI is InChI=1S/C23H30N4O3/c1-25-18-12-16(15-8-9-15)13-19(30-2)21(18)24-22(25)23(29)26-10-11-27(20(28)14-26)17-6-4-3-5-7-17/h12-13,15,17H,3-11,14H2,1-2H3. The average Bonchev–Trinajstić information content (AvgIpc) is 3.57. The molecule has 0 unspecified atom stereocenters. The lowest BCUT2D eigenvalue weighted by Gasteiger charge is -2.40. The Morgan fingerprint density at radius 1 is 1.10 bits per heavy atom. The van der Waals surface area contributed by atoms with E-state index in [0.29, 0.717) is 42.1 Å². The van der Waals surface area contributed by atoms with Gasteiger partial charge in [-0.3, -0.25) is 9.59 Å². The summed E-state index contributed by atoms with van der Waals surface area (Å²) in [5, 5.41) is 0. The molecular formula is C23H30N4O3. The summed E-state index contributed by atoms with van der Waals surface area (Å²) in [5.41, 5.74) is 2.87. The van der Waals surface area contributed by atoms with Gasteiger partial charge in [0.05, 0.1) is 12.6 Å². The highest BCUT2D eigenvalue weighted by atomic mass is 16.5. The molecule has 7 nitrogen and oxygen atoms in total. The quantitative estimate of drug-likeness (QED) is 0.777. The van der Waals surface area contributed by atoms with Gasteiger partial charge in [0.2, 0.25) is 5.91 Å². The van der Waals surface area contributed by atoms with E-state index >= 15 is 0 Å². The van der Waals surface area contributed by atoms with Crippen LogP contribution in [-0.2, 0) is 11.8 Å². The molecule has 2 saturated carbocycles. The van der Waals surface area contributed by atoms with Gasteiger partial charge in [-0.1, -0.05) is 19.3 Å². The van der Waals surface area contributed by atoms with Crippen LogP contribution in [0, 0.1) is 0 Å². The van der Waals surface area contributed by atoms with Crippen molar-refractivity contribution in [2.45, 2.75) is 56.9 Å². The summed E-state index contributed by atoms with van der Waals surface area (Å²) in [6, 6.07) is 4.53. The highest BCUT2D eigenvalue weighted by Crippen LogP contribution is 2.43. The summed E-state index contributed by atoms with van der Waals surface area (Å²) in [4.78, 5) is 34.4. The Morgan fingerprint density at radius 2 is 1.87 bits per heavy atom. The molecule has 2 aliphatic carbocycles. The van der Waals surface area contributed by atoms with Crippen molar-refractivity contribution < 1.29 is 14.3 Å². The summed E-state index contributed by atoms with van der Waals surface area (Å²) in [5.74, 6) is 1.55. The summed E-state index contributed by atoms with van der Waals surface area (Å²) < 4.78 is 7.43. The molecule has 2 heterocycles. The van der Waals surface area contributed by atoms with Crippen molar-refractivity contribution in [1.29, 1.82) is 0 Å². The third-order valence-electron chi connectivity index (χ3n) is 6.99. The van der Waals surface area contributed by atoms with Crippen LogP contribution in [0.5, 0.6) is 5.75 Å². The SMILES string of the molecule is COc1cc(C2CC2)cc2c1nc(C(=O)N1CCN(C3CCCCC3)C(=O)C1)n2C. The van der Waals surface area contributed by atoms with Gasteiger partial charge in [-0.05, 0) is 49.3 Å². The number of hydrogen-bond donors (Lipinski definition) is 0. The van der Waals surface area contributed by atoms with Crippen LogP contribution in [0.4, 0.5) is 0 Å². The molecule has 0 N–H and O–H groups in total. The Hall–Kier alpha value is -2.57. The molecule has 7 heteroatoms. The van der Waals surface area contributed by atoms with E-state index in [1.807, 2.05) is 22.6 Å². The maximum Gasteiger partial charge on any atom is 0.290 e. The van der Waals surface area contributed by atoms with Crippen LogP contribution in [0.3, 0.4) is 0 Å². The lowest BCUT2D eigenvalue weighted by Crippen LogP contribution is -2.56. The zero-order valence-electron chi connectivity index (χ0n) is 17.9. The highest BCUT2D eigenvalue weighted by molar-refractivity contribution is 5.98. The molecule has 0 spiro atoms. The monoisotopic (exact) mass is 410 g/mol. The van der Waals surface area contributed by atoms with Crippen molar-refractivity contribution in [3.8, 4) is 5.75 Å². The van der Waals surface area contributed by atoms with Crippen molar-refractivity contribution in [3.63, 3.8) is 0 Å². The number of ether oxygens (including phenoxy) is 1. The number of carbonyl (C=O) groups is 2. The van der Waals surface area contributed by atoms with Crippen molar-refractivity contribution in [1.82, 2.24) is 19.4 Å². The molecular weight excluding hydrogens is 380 g/mol. The number of aryl methyl sites for hydroxylation is 1. The number of hydrogen-bond acceptors (Lipinski definition) is 4. The second-order valence-corrected chi connectivity index (χ2v) is 8.97. The predicted molar refractivity (Wildman–Crippen MR) is 114 cm³/mol. The lowest BCUT2D eigenvalue weighted by atomic mass is 9.93. The first-order chi connectivity index (χ1) is 14.6. The Morgan fingerprint density at radius 3 is 2.53 bits per heavy atom. The van der Waals surface area contributed by atoms with Crippen LogP contribution in [0.15, 0.2) is 12.1 Å². The third kappa shape index (κ3) is 3.34. The zero-order valence-corrected chi connectivity index (χ0v) is 17.9. The summed E-state index contributed by atoms with van der Waals surface area (Å²) in [7, 11) is 3.52. The number of amides is 2. The first kappa shape index (κ1) is 19.4. The first-order valence-corrected chi connectivity index (χ1v) is 11.2. The molecule has 1 aromatic carbocycles. The van der Waals surface area contributed by atoms with Crippen molar-refractivity contribution >= 4 is 22.8 Å². The third-order valence-corrected chi connectivity index (χ3v) is 6.99. The molecule has 1 aromatic heterocycles. The van der Waals surface area contributed by atoms with E-state index < -0.39 is 0 Å². The molecule has 3 fully saturated rings. The van der Waals surface area contributed by atoms with E-state index in [1.54, 1.807) is 12.0 Å². The Labute approximate surface area is 177 Å². The topological polar surface area (TPSA) is 67.7 Å². The summed E-state index contributed by atoms with van der Waals surface area (Å²) in [6.45, 7) is 1.33. The van der Waals surface area contributed by atoms with Gasteiger partial charge in [0.25, 0.3) is 5.91 Å². The van der Waals surface area contributed by atoms with Crippen LogP contribution in [0.25, 0.3) is 11.0 Å². The van der Waals surface area contributed by atoms with Gasteiger partial charge in [-0.2, -0.15) is 0 Å². The Balaban J connectivity index is 1.38. The van der Waals surface area contributed by atoms with Crippen molar-refractivity contribution in [2.24, 2.45) is 7.05 Å². The number of carbonyl (C=O) groups excluding carboxylic acids is 2. The maximum absolute atomic E-state index is 13.3. The van der Waals surface area contributed by atoms with Crippen LogP contribution in [0.2, 0.25) is 0 Å². The van der Waals surface area contributed by atoms with Crippen molar-refractivity contribution in [3.05, 3.63) is 23.5 Å². The minimum Gasteiger partial charge on any atom is -0.494 e. The fourth-order valence-electron chi connectivity index (χ4n) is 5.06. The van der Waals surface area contributed by atoms with E-state index in [9.17, 15) is 9.59 Å². The highest BCUT2D eigenvalue weighted by Gasteiger charge is 2.34. The summed E-state index contributed by atoms with van der Waals surface area (Å²) in [6.07, 6.45) is 8.24. The molecule has 0 bridgehead atoms. The van der Waals surface area contributed by atoms with Gasteiger partial charge < -0.3 is 19.1 Å². The van der Waals surface area contributed by atoms with Crippen LogP contribution >= 0.6 is 0 Å². The Kier molecular flexibility index (Phi) is 4.91. The number of benzene rings is 1. The number of nitrogens with zero attached hydrogens (tertiary/aromatic N) is 4. The average molecular weight is 411 g/mol. The van der Waals surface area contributed by atoms with E-state index in [-0.39, 0.29) is 18.4 Å².